The van der Waals surface area contributed by atoms with Crippen molar-refractivity contribution in [3.05, 3.63) is 34.9 Å². The van der Waals surface area contributed by atoms with E-state index in [-0.39, 0.29) is 5.71 Å². The van der Waals surface area contributed by atoms with E-state index in [1.807, 2.05) is 5.32 Å². The molecule has 0 aromatic heterocycles. The van der Waals surface area contributed by atoms with E-state index in [0.717, 1.165) is 0 Å². The Labute approximate surface area is 130 Å². The average molecular weight is 335 g/mol. The van der Waals surface area contributed by atoms with Crippen LogP contribution in [-0.2, 0) is 9.63 Å². The smallest absolute Gasteiger partial charge is 0.388 e. The predicted octanol–water partition coefficient (Wildman–Crippen LogP) is 3.27. The molecule has 4 nitrogen and oxygen atoms in total. The van der Waals surface area contributed by atoms with E-state index < -0.39 is 30.1 Å². The lowest BCUT2D eigenvalue weighted by Gasteiger charge is -2.25. The summed E-state index contributed by atoms with van der Waals surface area (Å²) in [6.07, 6.45) is -4.49. The fourth-order valence-corrected chi connectivity index (χ4v) is 2.39. The maximum absolute atomic E-state index is 12.2. The summed E-state index contributed by atoms with van der Waals surface area (Å²) in [7, 11) is 0. The molecule has 0 bridgehead atoms. The Morgan fingerprint density at radius 1 is 1.36 bits per heavy atom. The third kappa shape index (κ3) is 3.71. The largest absolute Gasteiger partial charge is 0.405 e. The molecule has 0 radical (unpaired) electrons. The predicted molar refractivity (Wildman–Crippen MR) is 75.9 cm³/mol. The summed E-state index contributed by atoms with van der Waals surface area (Å²) >= 11 is 5.82. The van der Waals surface area contributed by atoms with Crippen molar-refractivity contribution in [3.8, 4) is 0 Å². The molecular weight excluding hydrogens is 321 g/mol. The van der Waals surface area contributed by atoms with Crippen LogP contribution >= 0.6 is 11.6 Å². The van der Waals surface area contributed by atoms with Gasteiger partial charge in [-0.1, -0.05) is 28.9 Å². The third-order valence-corrected chi connectivity index (χ3v) is 3.49. The highest BCUT2D eigenvalue weighted by Crippen LogP contribution is 2.38. The number of alkyl halides is 3. The van der Waals surface area contributed by atoms with Crippen molar-refractivity contribution in [3.63, 3.8) is 0 Å². The van der Waals surface area contributed by atoms with Crippen LogP contribution in [0.1, 0.15) is 25.3 Å². The molecule has 0 saturated carbocycles. The van der Waals surface area contributed by atoms with E-state index in [2.05, 4.69) is 5.16 Å². The van der Waals surface area contributed by atoms with Crippen LogP contribution in [-0.4, -0.2) is 29.9 Å². The highest BCUT2D eigenvalue weighted by Gasteiger charge is 2.45. The number of hydrogen-bond acceptors (Lipinski definition) is 3. The average Bonchev–Trinajstić information content (AvgIpc) is 2.72. The first-order chi connectivity index (χ1) is 10.1. The standard InChI is InChI=1S/C14H14ClF3N2O2/c1-13(2)10(8-3-5-9(15)6-4-8)11(20-22-13)12(21)19-7-14(16,17)18/h3-6,10H,7H2,1-2H3,(H,19,21). The summed E-state index contributed by atoms with van der Waals surface area (Å²) < 4.78 is 36.7. The first kappa shape index (κ1) is 16.6. The van der Waals surface area contributed by atoms with Gasteiger partial charge < -0.3 is 10.2 Å². The molecule has 22 heavy (non-hydrogen) atoms. The number of oxime groups is 1. The van der Waals surface area contributed by atoms with Crippen molar-refractivity contribution < 1.29 is 22.8 Å². The van der Waals surface area contributed by atoms with E-state index in [9.17, 15) is 18.0 Å². The molecule has 0 aliphatic carbocycles. The molecule has 2 rings (SSSR count). The van der Waals surface area contributed by atoms with Crippen LogP contribution in [0.5, 0.6) is 0 Å². The number of amides is 1. The Morgan fingerprint density at radius 2 is 1.95 bits per heavy atom. The SMILES string of the molecule is CC1(C)ON=C(C(=O)NCC(F)(F)F)C1c1ccc(Cl)cc1. The topological polar surface area (TPSA) is 50.7 Å². The van der Waals surface area contributed by atoms with E-state index >= 15 is 0 Å². The second kappa shape index (κ2) is 5.79. The normalized spacial score (nSPS) is 20.3. The molecule has 1 aliphatic heterocycles. The number of rotatable bonds is 3. The summed E-state index contributed by atoms with van der Waals surface area (Å²) in [4.78, 5) is 17.2. The first-order valence-corrected chi connectivity index (χ1v) is 6.84. The van der Waals surface area contributed by atoms with Crippen LogP contribution in [0.25, 0.3) is 0 Å². The first-order valence-electron chi connectivity index (χ1n) is 6.46. The minimum absolute atomic E-state index is 0.0865. The molecule has 120 valence electrons. The Kier molecular flexibility index (Phi) is 4.37. The van der Waals surface area contributed by atoms with Crippen molar-refractivity contribution >= 4 is 23.2 Å². The number of nitrogens with one attached hydrogen (secondary N) is 1. The highest BCUT2D eigenvalue weighted by atomic mass is 35.5. The molecule has 1 aromatic carbocycles. The van der Waals surface area contributed by atoms with E-state index in [1.165, 1.54) is 0 Å². The van der Waals surface area contributed by atoms with Gasteiger partial charge in [0.15, 0.2) is 5.71 Å². The number of carbonyl (C=O) groups excluding carboxylic acids is 1. The molecule has 1 amide bonds. The molecule has 1 unspecified atom stereocenters. The molecule has 0 saturated heterocycles. The van der Waals surface area contributed by atoms with Gasteiger partial charge in [0.1, 0.15) is 12.1 Å². The fraction of sp³-hybridized carbons (Fsp3) is 0.429. The number of carbonyl (C=O) groups is 1. The molecule has 1 heterocycles. The quantitative estimate of drug-likeness (QED) is 0.922. The molecule has 0 spiro atoms. The number of nitrogens with zero attached hydrogens (tertiary/aromatic N) is 1. The summed E-state index contributed by atoms with van der Waals surface area (Å²) in [5.41, 5.74) is -0.247. The van der Waals surface area contributed by atoms with Gasteiger partial charge in [-0.2, -0.15) is 13.2 Å². The van der Waals surface area contributed by atoms with Crippen molar-refractivity contribution in [2.45, 2.75) is 31.5 Å². The number of halogens is 4. The zero-order chi connectivity index (χ0) is 16.5. The van der Waals surface area contributed by atoms with Gasteiger partial charge in [0.25, 0.3) is 5.91 Å². The Hall–Kier alpha value is -1.76. The van der Waals surface area contributed by atoms with Gasteiger partial charge in [0.2, 0.25) is 0 Å². The maximum Gasteiger partial charge on any atom is 0.405 e. The van der Waals surface area contributed by atoms with Crippen molar-refractivity contribution in [2.75, 3.05) is 6.54 Å². The van der Waals surface area contributed by atoms with Gasteiger partial charge in [0, 0.05) is 5.02 Å². The van der Waals surface area contributed by atoms with Gasteiger partial charge in [-0.25, -0.2) is 0 Å². The number of hydrogen-bond donors (Lipinski definition) is 1. The lowest BCUT2D eigenvalue weighted by atomic mass is 9.81. The van der Waals surface area contributed by atoms with Gasteiger partial charge >= 0.3 is 6.18 Å². The Balaban J connectivity index is 2.23. The van der Waals surface area contributed by atoms with Gasteiger partial charge in [-0.05, 0) is 31.5 Å². The second-order valence-corrected chi connectivity index (χ2v) is 5.89. The van der Waals surface area contributed by atoms with Crippen LogP contribution in [0.2, 0.25) is 5.02 Å². The second-order valence-electron chi connectivity index (χ2n) is 5.45. The maximum atomic E-state index is 12.2. The van der Waals surface area contributed by atoms with Gasteiger partial charge in [-0.15, -0.1) is 0 Å². The molecular formula is C14H14ClF3N2O2. The molecule has 1 atom stereocenters. The summed E-state index contributed by atoms with van der Waals surface area (Å²) in [5, 5.41) is 6.00. The lowest BCUT2D eigenvalue weighted by Crippen LogP contribution is -2.42. The fourth-order valence-electron chi connectivity index (χ4n) is 2.26. The van der Waals surface area contributed by atoms with Gasteiger partial charge in [0.05, 0.1) is 5.92 Å². The van der Waals surface area contributed by atoms with Crippen LogP contribution in [0, 0.1) is 0 Å². The van der Waals surface area contributed by atoms with Crippen molar-refractivity contribution in [1.29, 1.82) is 0 Å². The molecule has 0 fully saturated rings. The summed E-state index contributed by atoms with van der Waals surface area (Å²) in [6, 6.07) is 6.65. The zero-order valence-corrected chi connectivity index (χ0v) is 12.6. The number of benzene rings is 1. The lowest BCUT2D eigenvalue weighted by molar-refractivity contribution is -0.134. The van der Waals surface area contributed by atoms with E-state index in [0.29, 0.717) is 10.6 Å². The van der Waals surface area contributed by atoms with Crippen LogP contribution in [0.15, 0.2) is 29.4 Å². The van der Waals surface area contributed by atoms with Gasteiger partial charge in [-0.3, -0.25) is 4.79 Å². The zero-order valence-electron chi connectivity index (χ0n) is 11.9. The van der Waals surface area contributed by atoms with Crippen LogP contribution in [0.3, 0.4) is 0 Å². The molecule has 1 aromatic rings. The molecule has 8 heteroatoms. The van der Waals surface area contributed by atoms with Crippen molar-refractivity contribution in [1.82, 2.24) is 5.32 Å². The van der Waals surface area contributed by atoms with Crippen molar-refractivity contribution in [2.24, 2.45) is 5.16 Å². The van der Waals surface area contributed by atoms with E-state index in [1.54, 1.807) is 38.1 Å². The minimum Gasteiger partial charge on any atom is -0.388 e. The van der Waals surface area contributed by atoms with E-state index in [4.69, 9.17) is 16.4 Å². The Bertz CT molecular complexity index is 597. The highest BCUT2D eigenvalue weighted by molar-refractivity contribution is 6.41. The van der Waals surface area contributed by atoms with Crippen LogP contribution < -0.4 is 5.32 Å². The Morgan fingerprint density at radius 3 is 2.50 bits per heavy atom. The monoisotopic (exact) mass is 334 g/mol. The molecule has 1 N–H and O–H groups in total. The van der Waals surface area contributed by atoms with Crippen LogP contribution in [0.4, 0.5) is 13.2 Å². The molecule has 1 aliphatic rings. The third-order valence-electron chi connectivity index (χ3n) is 3.23. The summed E-state index contributed by atoms with van der Waals surface area (Å²) in [6.45, 7) is 2.00. The minimum atomic E-state index is -4.49. The summed E-state index contributed by atoms with van der Waals surface area (Å²) in [5.74, 6) is -1.49.